The van der Waals surface area contributed by atoms with E-state index in [-0.39, 0.29) is 18.1 Å². The first kappa shape index (κ1) is 22.2. The molecule has 2 aromatic heterocycles. The summed E-state index contributed by atoms with van der Waals surface area (Å²) in [6.45, 7) is 5.90. The number of nitrogens with two attached hydrogens (primary N) is 1. The van der Waals surface area contributed by atoms with Gasteiger partial charge in [0, 0.05) is 11.6 Å². The number of hydrogen-bond acceptors (Lipinski definition) is 5. The normalized spacial score (nSPS) is 13.3. The molecule has 0 amide bonds. The molecule has 0 fully saturated rings. The van der Waals surface area contributed by atoms with Crippen molar-refractivity contribution in [3.8, 4) is 11.3 Å². The number of aliphatic hydroxyl groups excluding tert-OH is 1. The Labute approximate surface area is 190 Å². The summed E-state index contributed by atoms with van der Waals surface area (Å²) in [5.41, 5.74) is 10.2. The van der Waals surface area contributed by atoms with Crippen molar-refractivity contribution in [2.45, 2.75) is 45.8 Å². The molecule has 3 N–H and O–H groups in total. The first-order valence-electron chi connectivity index (χ1n) is 10.5. The minimum absolute atomic E-state index is 0.0912. The van der Waals surface area contributed by atoms with Crippen LogP contribution in [0, 0.1) is 12.7 Å². The molecule has 0 saturated heterocycles. The molecule has 0 unspecified atom stereocenters. The van der Waals surface area contributed by atoms with E-state index in [1.54, 1.807) is 0 Å². The zero-order chi connectivity index (χ0) is 23.0. The summed E-state index contributed by atoms with van der Waals surface area (Å²) >= 11 is 6.12. The van der Waals surface area contributed by atoms with E-state index in [2.05, 4.69) is 27.1 Å². The molecule has 4 aromatic rings. The van der Waals surface area contributed by atoms with Crippen molar-refractivity contribution in [3.05, 3.63) is 70.4 Å². The maximum atomic E-state index is 14.4. The van der Waals surface area contributed by atoms with Crippen LogP contribution in [0.4, 0.5) is 10.3 Å². The van der Waals surface area contributed by atoms with Crippen molar-refractivity contribution in [1.29, 1.82) is 0 Å². The quantitative estimate of drug-likeness (QED) is 0.450. The third kappa shape index (κ3) is 4.31. The number of imidazole rings is 1. The number of aliphatic hydroxyl groups is 1. The van der Waals surface area contributed by atoms with Crippen molar-refractivity contribution >= 4 is 28.6 Å². The number of aryl methyl sites for hydroxylation is 1. The van der Waals surface area contributed by atoms with E-state index < -0.39 is 5.82 Å². The lowest BCUT2D eigenvalue weighted by atomic mass is 10.1. The van der Waals surface area contributed by atoms with Crippen molar-refractivity contribution in [2.75, 3.05) is 5.73 Å². The van der Waals surface area contributed by atoms with Crippen LogP contribution in [0.3, 0.4) is 0 Å². The van der Waals surface area contributed by atoms with Crippen LogP contribution in [-0.2, 0) is 12.8 Å². The fraction of sp³-hybridized carbons (Fsp3) is 0.292. The maximum absolute atomic E-state index is 14.4. The first-order valence-corrected chi connectivity index (χ1v) is 10.8. The van der Waals surface area contributed by atoms with Crippen LogP contribution in [-0.4, -0.2) is 30.7 Å². The minimum atomic E-state index is -0.414. The van der Waals surface area contributed by atoms with Gasteiger partial charge in [-0.1, -0.05) is 35.9 Å². The second-order valence-corrected chi connectivity index (χ2v) is 8.61. The van der Waals surface area contributed by atoms with Crippen LogP contribution in [0.2, 0.25) is 5.02 Å². The van der Waals surface area contributed by atoms with Crippen LogP contribution >= 0.6 is 11.6 Å². The SMILES string of the molecule is Cc1nc2c(F)cc(-c3nc(N)ncc3Cl)cc2n1C(C)C.OC1Cc2ccccc2C1. The number of aromatic nitrogens is 4. The average molecular weight is 454 g/mol. The van der Waals surface area contributed by atoms with E-state index in [1.165, 1.54) is 23.4 Å². The zero-order valence-corrected chi connectivity index (χ0v) is 18.9. The molecule has 0 radical (unpaired) electrons. The van der Waals surface area contributed by atoms with Gasteiger partial charge in [0.25, 0.3) is 0 Å². The smallest absolute Gasteiger partial charge is 0.220 e. The van der Waals surface area contributed by atoms with Crippen molar-refractivity contribution in [3.63, 3.8) is 0 Å². The molecular formula is C24H25ClFN5O. The van der Waals surface area contributed by atoms with E-state index in [0.717, 1.165) is 18.7 Å². The van der Waals surface area contributed by atoms with Gasteiger partial charge in [-0.15, -0.1) is 0 Å². The molecule has 5 rings (SSSR count). The van der Waals surface area contributed by atoms with E-state index in [4.69, 9.17) is 17.3 Å². The largest absolute Gasteiger partial charge is 0.392 e. The molecule has 32 heavy (non-hydrogen) atoms. The Morgan fingerprint density at radius 1 is 1.16 bits per heavy atom. The van der Waals surface area contributed by atoms with E-state index in [1.807, 2.05) is 43.5 Å². The lowest BCUT2D eigenvalue weighted by Crippen LogP contribution is -2.03. The van der Waals surface area contributed by atoms with Gasteiger partial charge in [-0.05, 0) is 56.9 Å². The highest BCUT2D eigenvalue weighted by atomic mass is 35.5. The van der Waals surface area contributed by atoms with E-state index in [9.17, 15) is 9.50 Å². The number of benzene rings is 2. The Morgan fingerprint density at radius 2 is 1.81 bits per heavy atom. The predicted molar refractivity (Wildman–Crippen MR) is 125 cm³/mol. The summed E-state index contributed by atoms with van der Waals surface area (Å²) in [5.74, 6) is 0.436. The topological polar surface area (TPSA) is 89.9 Å². The van der Waals surface area contributed by atoms with Crippen LogP contribution in [0.25, 0.3) is 22.3 Å². The summed E-state index contributed by atoms with van der Waals surface area (Å²) in [4.78, 5) is 12.2. The average Bonchev–Trinajstić information content (AvgIpc) is 3.28. The lowest BCUT2D eigenvalue weighted by Gasteiger charge is -2.12. The third-order valence-corrected chi connectivity index (χ3v) is 5.78. The molecule has 8 heteroatoms. The molecule has 0 bridgehead atoms. The van der Waals surface area contributed by atoms with Crippen LogP contribution in [0.15, 0.2) is 42.6 Å². The van der Waals surface area contributed by atoms with Gasteiger partial charge in [-0.2, -0.15) is 0 Å². The Kier molecular flexibility index (Phi) is 6.13. The summed E-state index contributed by atoms with van der Waals surface area (Å²) in [6, 6.07) is 11.6. The maximum Gasteiger partial charge on any atom is 0.220 e. The lowest BCUT2D eigenvalue weighted by molar-refractivity contribution is 0.187. The number of hydrogen-bond donors (Lipinski definition) is 2. The number of halogens is 2. The highest BCUT2D eigenvalue weighted by Gasteiger charge is 2.18. The summed E-state index contributed by atoms with van der Waals surface area (Å²) in [5, 5.41) is 9.57. The number of fused-ring (bicyclic) bond motifs is 2. The minimum Gasteiger partial charge on any atom is -0.392 e. The Bertz CT molecular complexity index is 1260. The zero-order valence-electron chi connectivity index (χ0n) is 18.2. The number of rotatable bonds is 2. The van der Waals surface area contributed by atoms with E-state index >= 15 is 0 Å². The Hall–Kier alpha value is -3.03. The fourth-order valence-electron chi connectivity index (χ4n) is 4.18. The predicted octanol–water partition coefficient (Wildman–Crippen LogP) is 4.90. The Balaban J connectivity index is 0.000000203. The molecule has 0 spiro atoms. The van der Waals surface area contributed by atoms with Gasteiger partial charge < -0.3 is 15.4 Å². The van der Waals surface area contributed by atoms with E-state index in [0.29, 0.717) is 27.3 Å². The molecule has 0 atom stereocenters. The van der Waals surface area contributed by atoms with Crippen LogP contribution in [0.5, 0.6) is 0 Å². The number of anilines is 1. The van der Waals surface area contributed by atoms with Crippen molar-refractivity contribution < 1.29 is 9.50 Å². The molecule has 1 aliphatic rings. The van der Waals surface area contributed by atoms with Gasteiger partial charge in [-0.3, -0.25) is 0 Å². The van der Waals surface area contributed by atoms with Crippen molar-refractivity contribution in [2.24, 2.45) is 0 Å². The van der Waals surface area contributed by atoms with Gasteiger partial charge >= 0.3 is 0 Å². The summed E-state index contributed by atoms with van der Waals surface area (Å²) in [6.07, 6.45) is 2.97. The van der Waals surface area contributed by atoms with Gasteiger partial charge in [0.2, 0.25) is 5.95 Å². The van der Waals surface area contributed by atoms with Gasteiger partial charge in [-0.25, -0.2) is 19.3 Å². The molecule has 0 aliphatic heterocycles. The fourth-order valence-corrected chi connectivity index (χ4v) is 4.38. The molecule has 166 valence electrons. The first-order chi connectivity index (χ1) is 15.2. The highest BCUT2D eigenvalue weighted by molar-refractivity contribution is 6.33. The summed E-state index contributed by atoms with van der Waals surface area (Å²) < 4.78 is 16.4. The monoisotopic (exact) mass is 453 g/mol. The van der Waals surface area contributed by atoms with Gasteiger partial charge in [0.05, 0.1) is 28.5 Å². The van der Waals surface area contributed by atoms with Crippen LogP contribution in [0.1, 0.15) is 36.8 Å². The van der Waals surface area contributed by atoms with Gasteiger partial charge in [0.1, 0.15) is 11.3 Å². The number of nitrogen functional groups attached to an aromatic ring is 1. The Morgan fingerprint density at radius 3 is 2.44 bits per heavy atom. The summed E-state index contributed by atoms with van der Waals surface area (Å²) in [7, 11) is 0. The number of nitrogens with zero attached hydrogens (tertiary/aromatic N) is 4. The third-order valence-electron chi connectivity index (χ3n) is 5.51. The molecule has 2 aromatic carbocycles. The molecule has 1 aliphatic carbocycles. The molecule has 0 saturated carbocycles. The van der Waals surface area contributed by atoms with Crippen molar-refractivity contribution in [1.82, 2.24) is 19.5 Å². The standard InChI is InChI=1S/C15H15ClFN5.C9H10O/c1-7(2)22-8(3)20-14-11(17)4-9(5-12(14)22)13-10(16)6-19-15(18)21-13;10-9-5-7-3-1-2-4-8(7)6-9/h4-7H,1-3H3,(H2,18,19,21);1-4,9-10H,5-6H2. The molecule has 2 heterocycles. The van der Waals surface area contributed by atoms with Crippen LogP contribution < -0.4 is 5.73 Å². The molecular weight excluding hydrogens is 429 g/mol. The highest BCUT2D eigenvalue weighted by Crippen LogP contribution is 2.31. The van der Waals surface area contributed by atoms with Gasteiger partial charge in [0.15, 0.2) is 5.82 Å². The molecule has 6 nitrogen and oxygen atoms in total. The second-order valence-electron chi connectivity index (χ2n) is 8.20. The second kappa shape index (κ2) is 8.84.